The summed E-state index contributed by atoms with van der Waals surface area (Å²) in [5.41, 5.74) is 0. The molecule has 0 spiro atoms. The van der Waals surface area contributed by atoms with Crippen LogP contribution in [0.3, 0.4) is 0 Å². The van der Waals surface area contributed by atoms with Gasteiger partial charge in [-0.05, 0) is 31.6 Å². The Bertz CT molecular complexity index is 153. The van der Waals surface area contributed by atoms with Crippen molar-refractivity contribution in [1.82, 2.24) is 5.32 Å². The molecule has 2 fully saturated rings. The topological polar surface area (TPSA) is 41.5 Å². The number of rotatable bonds is 5. The standard InChI is InChI=1S/C10H19NO2/c12-7-10(8-3-4-8)11-6-9-2-1-5-13-9/h8-12H,1-7H2. The molecule has 0 aromatic heterocycles. The molecule has 2 aliphatic rings. The van der Waals surface area contributed by atoms with Gasteiger partial charge in [0.15, 0.2) is 0 Å². The van der Waals surface area contributed by atoms with Crippen LogP contribution in [0, 0.1) is 5.92 Å². The van der Waals surface area contributed by atoms with Crippen LogP contribution in [0.2, 0.25) is 0 Å². The summed E-state index contributed by atoms with van der Waals surface area (Å²) in [5, 5.41) is 12.5. The first-order valence-corrected chi connectivity index (χ1v) is 5.36. The highest BCUT2D eigenvalue weighted by Crippen LogP contribution is 2.32. The summed E-state index contributed by atoms with van der Waals surface area (Å²) in [6.45, 7) is 2.11. The van der Waals surface area contributed by atoms with E-state index in [4.69, 9.17) is 9.84 Å². The van der Waals surface area contributed by atoms with Crippen LogP contribution >= 0.6 is 0 Å². The first-order chi connectivity index (χ1) is 6.40. The van der Waals surface area contributed by atoms with Crippen molar-refractivity contribution < 1.29 is 9.84 Å². The molecule has 76 valence electrons. The van der Waals surface area contributed by atoms with Crippen LogP contribution in [-0.4, -0.2) is 37.0 Å². The van der Waals surface area contributed by atoms with Crippen LogP contribution in [0.1, 0.15) is 25.7 Å². The van der Waals surface area contributed by atoms with Crippen molar-refractivity contribution in [1.29, 1.82) is 0 Å². The highest BCUT2D eigenvalue weighted by Gasteiger charge is 2.30. The quantitative estimate of drug-likeness (QED) is 0.656. The fourth-order valence-corrected chi connectivity index (χ4v) is 1.97. The van der Waals surface area contributed by atoms with Gasteiger partial charge in [0, 0.05) is 19.2 Å². The normalized spacial score (nSPS) is 30.7. The highest BCUT2D eigenvalue weighted by molar-refractivity contribution is 4.86. The van der Waals surface area contributed by atoms with Crippen LogP contribution in [0.4, 0.5) is 0 Å². The van der Waals surface area contributed by atoms with E-state index in [1.54, 1.807) is 0 Å². The molecule has 3 heteroatoms. The summed E-state index contributed by atoms with van der Waals surface area (Å²) in [6.07, 6.45) is 5.33. The van der Waals surface area contributed by atoms with Gasteiger partial charge < -0.3 is 15.2 Å². The van der Waals surface area contributed by atoms with Gasteiger partial charge in [-0.15, -0.1) is 0 Å². The number of aliphatic hydroxyl groups excluding tert-OH is 1. The van der Waals surface area contributed by atoms with Crippen molar-refractivity contribution in [3.05, 3.63) is 0 Å². The molecule has 2 unspecified atom stereocenters. The van der Waals surface area contributed by atoms with Crippen molar-refractivity contribution in [2.75, 3.05) is 19.8 Å². The average Bonchev–Trinajstić information content (AvgIpc) is 2.84. The van der Waals surface area contributed by atoms with Gasteiger partial charge in [0.05, 0.1) is 12.7 Å². The molecule has 3 nitrogen and oxygen atoms in total. The maximum Gasteiger partial charge on any atom is 0.0700 e. The van der Waals surface area contributed by atoms with Crippen LogP contribution in [-0.2, 0) is 4.74 Å². The lowest BCUT2D eigenvalue weighted by Gasteiger charge is -2.18. The Kier molecular flexibility index (Phi) is 3.19. The van der Waals surface area contributed by atoms with E-state index < -0.39 is 0 Å². The molecule has 1 heterocycles. The number of hydrogen-bond donors (Lipinski definition) is 2. The minimum Gasteiger partial charge on any atom is -0.395 e. The maximum atomic E-state index is 9.11. The van der Waals surface area contributed by atoms with Crippen LogP contribution < -0.4 is 5.32 Å². The first-order valence-electron chi connectivity index (χ1n) is 5.36. The van der Waals surface area contributed by atoms with Crippen molar-refractivity contribution in [2.45, 2.75) is 37.8 Å². The van der Waals surface area contributed by atoms with E-state index in [1.807, 2.05) is 0 Å². The van der Waals surface area contributed by atoms with E-state index in [-0.39, 0.29) is 6.61 Å². The molecule has 1 aliphatic heterocycles. The molecule has 2 atom stereocenters. The molecule has 1 saturated heterocycles. The monoisotopic (exact) mass is 185 g/mol. The molecule has 0 radical (unpaired) electrons. The third-order valence-electron chi connectivity index (χ3n) is 3.02. The summed E-state index contributed by atoms with van der Waals surface area (Å²) >= 11 is 0. The Balaban J connectivity index is 1.64. The Labute approximate surface area is 79.5 Å². The molecule has 0 aromatic carbocycles. The number of ether oxygens (including phenoxy) is 1. The molecular formula is C10H19NO2. The number of hydrogen-bond acceptors (Lipinski definition) is 3. The molecule has 2 rings (SSSR count). The van der Waals surface area contributed by atoms with Gasteiger partial charge in [0.25, 0.3) is 0 Å². The lowest BCUT2D eigenvalue weighted by atomic mass is 10.2. The largest absolute Gasteiger partial charge is 0.395 e. The minimum atomic E-state index is 0.275. The first kappa shape index (κ1) is 9.44. The summed E-state index contributed by atoms with van der Waals surface area (Å²) in [6, 6.07) is 0.323. The van der Waals surface area contributed by atoms with E-state index >= 15 is 0 Å². The lowest BCUT2D eigenvalue weighted by molar-refractivity contribution is 0.102. The molecule has 1 aliphatic carbocycles. The average molecular weight is 185 g/mol. The van der Waals surface area contributed by atoms with E-state index in [9.17, 15) is 0 Å². The third-order valence-corrected chi connectivity index (χ3v) is 3.02. The van der Waals surface area contributed by atoms with Gasteiger partial charge in [0.1, 0.15) is 0 Å². The molecule has 1 saturated carbocycles. The molecule has 0 aromatic rings. The second-order valence-electron chi connectivity index (χ2n) is 4.17. The fraction of sp³-hybridized carbons (Fsp3) is 1.00. The Morgan fingerprint density at radius 2 is 2.23 bits per heavy atom. The van der Waals surface area contributed by atoms with Crippen LogP contribution in [0.5, 0.6) is 0 Å². The van der Waals surface area contributed by atoms with E-state index in [2.05, 4.69) is 5.32 Å². The summed E-state index contributed by atoms with van der Waals surface area (Å²) in [4.78, 5) is 0. The number of aliphatic hydroxyl groups is 1. The minimum absolute atomic E-state index is 0.275. The van der Waals surface area contributed by atoms with Crippen molar-refractivity contribution in [3.8, 4) is 0 Å². The van der Waals surface area contributed by atoms with Gasteiger partial charge in [0.2, 0.25) is 0 Å². The smallest absolute Gasteiger partial charge is 0.0700 e. The zero-order valence-electron chi connectivity index (χ0n) is 8.04. The van der Waals surface area contributed by atoms with Crippen LogP contribution in [0.25, 0.3) is 0 Å². The predicted octanol–water partition coefficient (Wildman–Crippen LogP) is 0.526. The lowest BCUT2D eigenvalue weighted by Crippen LogP contribution is -2.39. The molecule has 2 N–H and O–H groups in total. The summed E-state index contributed by atoms with van der Waals surface area (Å²) in [7, 11) is 0. The zero-order valence-corrected chi connectivity index (χ0v) is 8.04. The predicted molar refractivity (Wildman–Crippen MR) is 50.6 cm³/mol. The molecule has 0 amide bonds. The number of nitrogens with one attached hydrogen (secondary N) is 1. The third kappa shape index (κ3) is 2.66. The van der Waals surface area contributed by atoms with Gasteiger partial charge >= 0.3 is 0 Å². The van der Waals surface area contributed by atoms with E-state index in [1.165, 1.54) is 25.7 Å². The van der Waals surface area contributed by atoms with E-state index in [0.717, 1.165) is 19.1 Å². The Morgan fingerprint density at radius 1 is 1.38 bits per heavy atom. The molecule has 0 bridgehead atoms. The van der Waals surface area contributed by atoms with Gasteiger partial charge in [-0.1, -0.05) is 0 Å². The van der Waals surface area contributed by atoms with Crippen LogP contribution in [0.15, 0.2) is 0 Å². The summed E-state index contributed by atoms with van der Waals surface area (Å²) < 4.78 is 5.50. The molecule has 13 heavy (non-hydrogen) atoms. The highest BCUT2D eigenvalue weighted by atomic mass is 16.5. The molecular weight excluding hydrogens is 166 g/mol. The van der Waals surface area contributed by atoms with Crippen molar-refractivity contribution >= 4 is 0 Å². The SMILES string of the molecule is OCC(NCC1CCCO1)C1CC1. The van der Waals surface area contributed by atoms with Gasteiger partial charge in [-0.3, -0.25) is 0 Å². The Morgan fingerprint density at radius 3 is 2.77 bits per heavy atom. The van der Waals surface area contributed by atoms with E-state index in [0.29, 0.717) is 12.1 Å². The zero-order chi connectivity index (χ0) is 9.10. The summed E-state index contributed by atoms with van der Waals surface area (Å²) in [5.74, 6) is 0.728. The maximum absolute atomic E-state index is 9.11. The second-order valence-corrected chi connectivity index (χ2v) is 4.17. The fourth-order valence-electron chi connectivity index (χ4n) is 1.97. The van der Waals surface area contributed by atoms with Gasteiger partial charge in [-0.25, -0.2) is 0 Å². The Hall–Kier alpha value is -0.120. The second kappa shape index (κ2) is 4.40. The van der Waals surface area contributed by atoms with Crippen molar-refractivity contribution in [3.63, 3.8) is 0 Å². The van der Waals surface area contributed by atoms with Crippen molar-refractivity contribution in [2.24, 2.45) is 5.92 Å². The van der Waals surface area contributed by atoms with Gasteiger partial charge in [-0.2, -0.15) is 0 Å².